The molecule has 0 saturated carbocycles. The minimum Gasteiger partial charge on any atom is -0.323 e. The van der Waals surface area contributed by atoms with Crippen molar-refractivity contribution in [2.75, 3.05) is 0 Å². The standard InChI is InChI=1S/C11H19NS.ClH/c1-5-8-6-7-9(13-8)10(12)11(2,3)4;/h6-7,10H,5,12H2,1-4H3;1H/t10-;/m0./s1. The van der Waals surface area contributed by atoms with Crippen molar-refractivity contribution in [3.63, 3.8) is 0 Å². The van der Waals surface area contributed by atoms with Gasteiger partial charge in [-0.05, 0) is 24.0 Å². The molecule has 82 valence electrons. The lowest BCUT2D eigenvalue weighted by Gasteiger charge is -2.25. The molecule has 0 aliphatic carbocycles. The first-order valence-electron chi connectivity index (χ1n) is 4.79. The molecule has 2 N–H and O–H groups in total. The maximum absolute atomic E-state index is 6.15. The van der Waals surface area contributed by atoms with Gasteiger partial charge in [-0.15, -0.1) is 23.7 Å². The second-order valence-electron chi connectivity index (χ2n) is 4.50. The maximum atomic E-state index is 6.15. The molecule has 1 aromatic heterocycles. The number of thiophene rings is 1. The molecule has 0 fully saturated rings. The number of hydrogen-bond donors (Lipinski definition) is 1. The van der Waals surface area contributed by atoms with Crippen molar-refractivity contribution >= 4 is 23.7 Å². The molecule has 1 aromatic rings. The van der Waals surface area contributed by atoms with Crippen molar-refractivity contribution in [2.45, 2.75) is 40.2 Å². The summed E-state index contributed by atoms with van der Waals surface area (Å²) in [6.07, 6.45) is 1.11. The van der Waals surface area contributed by atoms with E-state index in [1.807, 2.05) is 11.3 Å². The zero-order chi connectivity index (χ0) is 10.1. The summed E-state index contributed by atoms with van der Waals surface area (Å²) in [6, 6.07) is 4.52. The second-order valence-corrected chi connectivity index (χ2v) is 5.70. The summed E-state index contributed by atoms with van der Waals surface area (Å²) >= 11 is 1.84. The highest BCUT2D eigenvalue weighted by Gasteiger charge is 2.23. The van der Waals surface area contributed by atoms with E-state index in [9.17, 15) is 0 Å². The molecule has 0 radical (unpaired) electrons. The molecule has 1 rings (SSSR count). The van der Waals surface area contributed by atoms with Gasteiger partial charge in [0, 0.05) is 15.8 Å². The highest BCUT2D eigenvalue weighted by Crippen LogP contribution is 2.34. The van der Waals surface area contributed by atoms with Crippen LogP contribution in [0.3, 0.4) is 0 Å². The Morgan fingerprint density at radius 2 is 1.93 bits per heavy atom. The van der Waals surface area contributed by atoms with Gasteiger partial charge in [0.15, 0.2) is 0 Å². The first-order chi connectivity index (χ1) is 5.95. The number of rotatable bonds is 2. The Balaban J connectivity index is 0.00000169. The van der Waals surface area contributed by atoms with Crippen molar-refractivity contribution < 1.29 is 0 Å². The third-order valence-corrected chi connectivity index (χ3v) is 3.58. The molecule has 0 aromatic carbocycles. The van der Waals surface area contributed by atoms with Gasteiger partial charge < -0.3 is 5.73 Å². The monoisotopic (exact) mass is 233 g/mol. The van der Waals surface area contributed by atoms with Gasteiger partial charge in [-0.2, -0.15) is 0 Å². The van der Waals surface area contributed by atoms with E-state index in [4.69, 9.17) is 5.73 Å². The molecule has 0 aliphatic rings. The molecule has 3 heteroatoms. The van der Waals surface area contributed by atoms with E-state index < -0.39 is 0 Å². The highest BCUT2D eigenvalue weighted by atomic mass is 35.5. The second kappa shape index (κ2) is 5.15. The molecule has 0 amide bonds. The van der Waals surface area contributed by atoms with Crippen LogP contribution in [0.5, 0.6) is 0 Å². The maximum Gasteiger partial charge on any atom is 0.0439 e. The minimum atomic E-state index is 0. The van der Waals surface area contributed by atoms with Crippen LogP contribution in [0.1, 0.15) is 43.5 Å². The van der Waals surface area contributed by atoms with Crippen LogP contribution in [0.2, 0.25) is 0 Å². The Hall–Kier alpha value is -0.0500. The number of aryl methyl sites for hydroxylation is 1. The van der Waals surface area contributed by atoms with Crippen LogP contribution in [0.4, 0.5) is 0 Å². The SMILES string of the molecule is CCc1ccc([C@H](N)C(C)(C)C)s1.Cl. The fourth-order valence-electron chi connectivity index (χ4n) is 1.18. The number of halogens is 1. The van der Waals surface area contributed by atoms with Gasteiger partial charge in [0.05, 0.1) is 0 Å². The van der Waals surface area contributed by atoms with Crippen molar-refractivity contribution in [1.82, 2.24) is 0 Å². The summed E-state index contributed by atoms with van der Waals surface area (Å²) in [5.74, 6) is 0. The minimum absolute atomic E-state index is 0. The third-order valence-electron chi connectivity index (χ3n) is 2.27. The molecule has 1 atom stereocenters. The van der Waals surface area contributed by atoms with Crippen molar-refractivity contribution in [3.8, 4) is 0 Å². The molecule has 1 heterocycles. The van der Waals surface area contributed by atoms with E-state index >= 15 is 0 Å². The Labute approximate surface area is 97.1 Å². The molecule has 0 unspecified atom stereocenters. The lowest BCUT2D eigenvalue weighted by atomic mass is 9.87. The number of nitrogens with two attached hydrogens (primary N) is 1. The van der Waals surface area contributed by atoms with Crippen molar-refractivity contribution in [1.29, 1.82) is 0 Å². The van der Waals surface area contributed by atoms with Crippen LogP contribution < -0.4 is 5.73 Å². The average Bonchev–Trinajstić information content (AvgIpc) is 2.48. The molecular weight excluding hydrogens is 214 g/mol. The Kier molecular flexibility index (Phi) is 5.13. The molecular formula is C11H20ClNS. The van der Waals surface area contributed by atoms with Gasteiger partial charge in [0.25, 0.3) is 0 Å². The van der Waals surface area contributed by atoms with Crippen LogP contribution in [0.15, 0.2) is 12.1 Å². The summed E-state index contributed by atoms with van der Waals surface area (Å²) in [4.78, 5) is 2.74. The van der Waals surface area contributed by atoms with Gasteiger partial charge in [-0.3, -0.25) is 0 Å². The van der Waals surface area contributed by atoms with E-state index in [0.717, 1.165) is 6.42 Å². The quantitative estimate of drug-likeness (QED) is 0.827. The molecule has 0 spiro atoms. The Bertz CT molecular complexity index is 275. The molecule has 0 bridgehead atoms. The molecule has 1 nitrogen and oxygen atoms in total. The topological polar surface area (TPSA) is 26.0 Å². The smallest absolute Gasteiger partial charge is 0.0439 e. The van der Waals surface area contributed by atoms with E-state index in [2.05, 4.69) is 39.8 Å². The van der Waals surface area contributed by atoms with Crippen molar-refractivity contribution in [2.24, 2.45) is 11.1 Å². The van der Waals surface area contributed by atoms with E-state index in [-0.39, 0.29) is 23.9 Å². The first kappa shape index (κ1) is 13.9. The summed E-state index contributed by atoms with van der Waals surface area (Å²) < 4.78 is 0. The van der Waals surface area contributed by atoms with Gasteiger partial charge in [0.1, 0.15) is 0 Å². The first-order valence-corrected chi connectivity index (χ1v) is 5.61. The fourth-order valence-corrected chi connectivity index (χ4v) is 2.38. The summed E-state index contributed by atoms with van der Waals surface area (Å²) in [5.41, 5.74) is 6.31. The van der Waals surface area contributed by atoms with Crippen molar-refractivity contribution in [3.05, 3.63) is 21.9 Å². The normalized spacial score (nSPS) is 13.5. The zero-order valence-electron chi connectivity index (χ0n) is 9.33. The molecule has 0 saturated heterocycles. The zero-order valence-corrected chi connectivity index (χ0v) is 11.0. The van der Waals surface area contributed by atoms with Gasteiger partial charge in [-0.25, -0.2) is 0 Å². The Morgan fingerprint density at radius 3 is 2.29 bits per heavy atom. The summed E-state index contributed by atoms with van der Waals surface area (Å²) in [7, 11) is 0. The lowest BCUT2D eigenvalue weighted by molar-refractivity contribution is 0.331. The lowest BCUT2D eigenvalue weighted by Crippen LogP contribution is -2.25. The highest BCUT2D eigenvalue weighted by molar-refractivity contribution is 7.12. The van der Waals surface area contributed by atoms with E-state index in [1.54, 1.807) is 0 Å². The number of hydrogen-bond acceptors (Lipinski definition) is 2. The van der Waals surface area contributed by atoms with E-state index in [1.165, 1.54) is 9.75 Å². The predicted octanol–water partition coefficient (Wildman–Crippen LogP) is 3.78. The largest absolute Gasteiger partial charge is 0.323 e. The van der Waals surface area contributed by atoms with Crippen LogP contribution >= 0.6 is 23.7 Å². The van der Waals surface area contributed by atoms with Gasteiger partial charge >= 0.3 is 0 Å². The van der Waals surface area contributed by atoms with Gasteiger partial charge in [0.2, 0.25) is 0 Å². The van der Waals surface area contributed by atoms with Crippen LogP contribution in [0, 0.1) is 5.41 Å². The molecule has 14 heavy (non-hydrogen) atoms. The average molecular weight is 234 g/mol. The Morgan fingerprint density at radius 1 is 1.36 bits per heavy atom. The fraction of sp³-hybridized carbons (Fsp3) is 0.636. The summed E-state index contributed by atoms with van der Waals surface area (Å²) in [6.45, 7) is 8.73. The van der Waals surface area contributed by atoms with Crippen LogP contribution in [0.25, 0.3) is 0 Å². The van der Waals surface area contributed by atoms with E-state index in [0.29, 0.717) is 0 Å². The predicted molar refractivity (Wildman–Crippen MR) is 67.3 cm³/mol. The van der Waals surface area contributed by atoms with Crippen LogP contribution in [-0.4, -0.2) is 0 Å². The van der Waals surface area contributed by atoms with Gasteiger partial charge in [-0.1, -0.05) is 27.7 Å². The molecule has 0 aliphatic heterocycles. The third kappa shape index (κ3) is 3.26. The van der Waals surface area contributed by atoms with Crippen LogP contribution in [-0.2, 0) is 6.42 Å². The summed E-state index contributed by atoms with van der Waals surface area (Å²) in [5, 5.41) is 0.